The average Bonchev–Trinajstić information content (AvgIpc) is 2.30. The van der Waals surface area contributed by atoms with E-state index in [9.17, 15) is 8.42 Å². The zero-order valence-corrected chi connectivity index (χ0v) is 12.6. The number of rotatable bonds is 6. The fraction of sp³-hybridized carbons (Fsp3) is 0.455. The molecule has 1 aromatic carbocycles. The number of aliphatic hydroxyl groups is 1. The van der Waals surface area contributed by atoms with Crippen molar-refractivity contribution in [1.82, 2.24) is 0 Å². The maximum atomic E-state index is 11.8. The van der Waals surface area contributed by atoms with Gasteiger partial charge in [-0.2, -0.15) is 0 Å². The summed E-state index contributed by atoms with van der Waals surface area (Å²) in [6.07, 6.45) is -0.379. The van der Waals surface area contributed by atoms with Crippen LogP contribution in [-0.2, 0) is 21.4 Å². The van der Waals surface area contributed by atoms with Crippen LogP contribution < -0.4 is 4.72 Å². The molecule has 5 nitrogen and oxygen atoms in total. The Morgan fingerprint density at radius 3 is 2.72 bits per heavy atom. The number of hydrogen-bond donors (Lipinski definition) is 2. The highest BCUT2D eigenvalue weighted by molar-refractivity contribution is 9.10. The van der Waals surface area contributed by atoms with E-state index < -0.39 is 10.0 Å². The SMILES string of the molecule is COC(C)CS(=O)(=O)Nc1ccc(Br)c(CO)c1. The van der Waals surface area contributed by atoms with Crippen molar-refractivity contribution in [2.45, 2.75) is 19.6 Å². The first-order valence-electron chi connectivity index (χ1n) is 5.30. The molecule has 18 heavy (non-hydrogen) atoms. The molecule has 0 aliphatic rings. The van der Waals surface area contributed by atoms with E-state index in [4.69, 9.17) is 9.84 Å². The minimum absolute atomic E-state index is 0.117. The molecule has 102 valence electrons. The molecule has 0 aliphatic carbocycles. The first-order valence-corrected chi connectivity index (χ1v) is 7.75. The number of aliphatic hydroxyl groups excluding tert-OH is 1. The number of hydrogen-bond acceptors (Lipinski definition) is 4. The molecule has 0 aromatic heterocycles. The van der Waals surface area contributed by atoms with Crippen molar-refractivity contribution in [2.75, 3.05) is 17.6 Å². The Hall–Kier alpha value is -0.630. The van der Waals surface area contributed by atoms with Gasteiger partial charge in [0.2, 0.25) is 10.0 Å². The molecule has 2 N–H and O–H groups in total. The third-order valence-corrected chi connectivity index (χ3v) is 4.57. The standard InChI is InChI=1S/C11H16BrNO4S/c1-8(17-2)7-18(15,16)13-10-3-4-11(12)9(5-10)6-14/h3-5,8,13-14H,6-7H2,1-2H3. The Kier molecular flexibility index (Phi) is 5.58. The van der Waals surface area contributed by atoms with Crippen molar-refractivity contribution in [3.05, 3.63) is 28.2 Å². The third kappa shape index (κ3) is 4.56. The third-order valence-electron chi connectivity index (χ3n) is 2.35. The maximum absolute atomic E-state index is 11.8. The van der Waals surface area contributed by atoms with E-state index in [0.717, 1.165) is 4.47 Å². The van der Waals surface area contributed by atoms with Gasteiger partial charge < -0.3 is 9.84 Å². The first-order chi connectivity index (χ1) is 8.38. The van der Waals surface area contributed by atoms with Crippen LogP contribution in [0, 0.1) is 0 Å². The number of benzene rings is 1. The molecule has 0 radical (unpaired) electrons. The molecule has 0 amide bonds. The van der Waals surface area contributed by atoms with Crippen molar-refractivity contribution < 1.29 is 18.3 Å². The molecule has 1 unspecified atom stereocenters. The van der Waals surface area contributed by atoms with Crippen molar-refractivity contribution in [2.24, 2.45) is 0 Å². The molecule has 7 heteroatoms. The lowest BCUT2D eigenvalue weighted by Crippen LogP contribution is -2.25. The molecule has 1 aromatic rings. The second kappa shape index (κ2) is 6.51. The lowest BCUT2D eigenvalue weighted by atomic mass is 10.2. The van der Waals surface area contributed by atoms with Gasteiger partial charge in [0.25, 0.3) is 0 Å². The highest BCUT2D eigenvalue weighted by atomic mass is 79.9. The topological polar surface area (TPSA) is 75.6 Å². The zero-order chi connectivity index (χ0) is 13.8. The summed E-state index contributed by atoms with van der Waals surface area (Å²) in [7, 11) is -1.99. The Balaban J connectivity index is 2.84. The minimum atomic E-state index is -3.46. The summed E-state index contributed by atoms with van der Waals surface area (Å²) in [5, 5.41) is 9.10. The predicted octanol–water partition coefficient (Wildman–Crippen LogP) is 1.72. The van der Waals surface area contributed by atoms with Gasteiger partial charge in [0, 0.05) is 17.3 Å². The van der Waals surface area contributed by atoms with Crippen molar-refractivity contribution in [3.63, 3.8) is 0 Å². The van der Waals surface area contributed by atoms with Gasteiger partial charge in [0.15, 0.2) is 0 Å². The van der Waals surface area contributed by atoms with Crippen molar-refractivity contribution in [1.29, 1.82) is 0 Å². The fourth-order valence-electron chi connectivity index (χ4n) is 1.36. The number of halogens is 1. The summed E-state index contributed by atoms with van der Waals surface area (Å²) in [6.45, 7) is 1.52. The Labute approximate surface area is 115 Å². The van der Waals surface area contributed by atoms with Crippen LogP contribution in [0.2, 0.25) is 0 Å². The Morgan fingerprint density at radius 2 is 2.17 bits per heavy atom. The Bertz CT molecular complexity index is 504. The summed E-state index contributed by atoms with van der Waals surface area (Å²) in [5.41, 5.74) is 1.04. The van der Waals surface area contributed by atoms with Gasteiger partial charge in [-0.05, 0) is 30.7 Å². The minimum Gasteiger partial charge on any atom is -0.392 e. The van der Waals surface area contributed by atoms with Crippen LogP contribution >= 0.6 is 15.9 Å². The molecule has 1 atom stereocenters. The predicted molar refractivity (Wildman–Crippen MR) is 73.9 cm³/mol. The molecule has 0 saturated heterocycles. The van der Waals surface area contributed by atoms with Gasteiger partial charge in [-0.25, -0.2) is 8.42 Å². The second-order valence-electron chi connectivity index (χ2n) is 3.89. The van der Waals surface area contributed by atoms with Crippen molar-refractivity contribution >= 4 is 31.6 Å². The van der Waals surface area contributed by atoms with Crippen LogP contribution in [-0.4, -0.2) is 32.5 Å². The lowest BCUT2D eigenvalue weighted by molar-refractivity contribution is 0.136. The summed E-state index contributed by atoms with van der Waals surface area (Å²) in [4.78, 5) is 0. The lowest BCUT2D eigenvalue weighted by Gasteiger charge is -2.13. The van der Waals surface area contributed by atoms with E-state index in [1.54, 1.807) is 25.1 Å². The van der Waals surface area contributed by atoms with Crippen LogP contribution in [0.15, 0.2) is 22.7 Å². The molecule has 0 saturated carbocycles. The Morgan fingerprint density at radius 1 is 1.50 bits per heavy atom. The van der Waals surface area contributed by atoms with Gasteiger partial charge >= 0.3 is 0 Å². The van der Waals surface area contributed by atoms with E-state index in [-0.39, 0.29) is 18.5 Å². The molecule has 0 fully saturated rings. The maximum Gasteiger partial charge on any atom is 0.235 e. The average molecular weight is 338 g/mol. The quantitative estimate of drug-likeness (QED) is 0.828. The second-order valence-corrected chi connectivity index (χ2v) is 6.52. The summed E-state index contributed by atoms with van der Waals surface area (Å²) in [6, 6.07) is 4.89. The van der Waals surface area contributed by atoms with Crippen LogP contribution in [0.3, 0.4) is 0 Å². The monoisotopic (exact) mass is 337 g/mol. The van der Waals surface area contributed by atoms with Crippen LogP contribution in [0.5, 0.6) is 0 Å². The summed E-state index contributed by atoms with van der Waals surface area (Å²) in [5.74, 6) is -0.117. The van der Waals surface area contributed by atoms with Gasteiger partial charge in [-0.3, -0.25) is 4.72 Å². The number of methoxy groups -OCH3 is 1. The number of ether oxygens (including phenoxy) is 1. The van der Waals surface area contributed by atoms with E-state index in [1.807, 2.05) is 0 Å². The number of sulfonamides is 1. The van der Waals surface area contributed by atoms with Crippen LogP contribution in [0.1, 0.15) is 12.5 Å². The van der Waals surface area contributed by atoms with Gasteiger partial charge in [-0.15, -0.1) is 0 Å². The van der Waals surface area contributed by atoms with Gasteiger partial charge in [-0.1, -0.05) is 15.9 Å². The first kappa shape index (κ1) is 15.4. The van der Waals surface area contributed by atoms with Crippen molar-refractivity contribution in [3.8, 4) is 0 Å². The van der Waals surface area contributed by atoms with Gasteiger partial charge in [0.1, 0.15) is 0 Å². The summed E-state index contributed by atoms with van der Waals surface area (Å²) < 4.78 is 31.7. The molecule has 0 heterocycles. The highest BCUT2D eigenvalue weighted by Crippen LogP contribution is 2.22. The molecular weight excluding hydrogens is 322 g/mol. The molecule has 0 aliphatic heterocycles. The zero-order valence-electron chi connectivity index (χ0n) is 10.2. The van der Waals surface area contributed by atoms with Gasteiger partial charge in [0.05, 0.1) is 18.5 Å². The number of anilines is 1. The molecule has 0 spiro atoms. The highest BCUT2D eigenvalue weighted by Gasteiger charge is 2.15. The van der Waals surface area contributed by atoms with E-state index in [0.29, 0.717) is 11.3 Å². The largest absolute Gasteiger partial charge is 0.392 e. The van der Waals surface area contributed by atoms with Crippen LogP contribution in [0.4, 0.5) is 5.69 Å². The van der Waals surface area contributed by atoms with Crippen LogP contribution in [0.25, 0.3) is 0 Å². The fourth-order valence-corrected chi connectivity index (χ4v) is 3.05. The molecule has 0 bridgehead atoms. The number of nitrogens with one attached hydrogen (secondary N) is 1. The summed E-state index contributed by atoms with van der Waals surface area (Å²) >= 11 is 3.26. The normalized spacial score (nSPS) is 13.3. The smallest absolute Gasteiger partial charge is 0.235 e. The van der Waals surface area contributed by atoms with E-state index in [1.165, 1.54) is 7.11 Å². The van der Waals surface area contributed by atoms with E-state index in [2.05, 4.69) is 20.7 Å². The molecule has 1 rings (SSSR count). The van der Waals surface area contributed by atoms with E-state index >= 15 is 0 Å². The molecular formula is C11H16BrNO4S.